The van der Waals surface area contributed by atoms with Crippen molar-refractivity contribution in [1.29, 1.82) is 0 Å². The fourth-order valence-corrected chi connectivity index (χ4v) is 2.41. The average molecular weight is 614 g/mol. The molecule has 0 N–H and O–H groups in total. The van der Waals surface area contributed by atoms with Crippen LogP contribution in [-0.4, -0.2) is 61.1 Å². The molecule has 0 fully saturated rings. The van der Waals surface area contributed by atoms with E-state index in [4.69, 9.17) is 0 Å². The molecule has 0 aromatic rings. The van der Waals surface area contributed by atoms with Crippen LogP contribution in [0.5, 0.6) is 0 Å². The van der Waals surface area contributed by atoms with Crippen LogP contribution in [0.25, 0.3) is 0 Å². The van der Waals surface area contributed by atoms with E-state index in [-0.39, 0.29) is 0 Å². The summed E-state index contributed by atoms with van der Waals surface area (Å²) >= 11 is 0. The summed E-state index contributed by atoms with van der Waals surface area (Å²) < 4.78 is 239. The highest BCUT2D eigenvalue weighted by Gasteiger charge is 2.82. The zero-order valence-electron chi connectivity index (χ0n) is 19.1. The van der Waals surface area contributed by atoms with Crippen molar-refractivity contribution in [1.82, 2.24) is 0 Å². The van der Waals surface area contributed by atoms with Crippen molar-refractivity contribution < 1.29 is 83.8 Å². The van der Waals surface area contributed by atoms with Crippen LogP contribution in [0.2, 0.25) is 0 Å². The van der Waals surface area contributed by atoms with Crippen LogP contribution >= 0.6 is 0 Å². The van der Waals surface area contributed by atoms with Gasteiger partial charge in [0.2, 0.25) is 0 Å². The highest BCUT2D eigenvalue weighted by Crippen LogP contribution is 2.55. The number of hydrogen-bond donors (Lipinski definition) is 0. The minimum atomic E-state index is -7.25. The maximum atomic E-state index is 13.8. The highest BCUT2D eigenvalue weighted by molar-refractivity contribution is 5.27. The fourth-order valence-electron chi connectivity index (χ4n) is 2.41. The Morgan fingerprint density at radius 3 is 0.923 bits per heavy atom. The monoisotopic (exact) mass is 614 g/mol. The van der Waals surface area contributed by atoms with Gasteiger partial charge >= 0.3 is 47.9 Å². The Bertz CT molecular complexity index is 871. The maximum absolute atomic E-state index is 13.8. The molecule has 0 radical (unpaired) electrons. The molecule has 19 heteroatoms. The van der Waals surface area contributed by atoms with Crippen molar-refractivity contribution in [3.8, 4) is 0 Å². The zero-order chi connectivity index (χ0) is 31.5. The van der Waals surface area contributed by atoms with Gasteiger partial charge in [0.1, 0.15) is 0 Å². The number of allylic oxidation sites excluding steroid dienone is 4. The van der Waals surface area contributed by atoms with Crippen molar-refractivity contribution in [2.45, 2.75) is 61.7 Å². The molecule has 0 aliphatic rings. The first-order valence-corrected chi connectivity index (χ1v) is 9.74. The Labute approximate surface area is 207 Å². The summed E-state index contributed by atoms with van der Waals surface area (Å²) in [6.45, 7) is -1.02. The van der Waals surface area contributed by atoms with Crippen LogP contribution in [0.3, 0.4) is 0 Å². The summed E-state index contributed by atoms with van der Waals surface area (Å²) in [7, 11) is 0. The summed E-state index contributed by atoms with van der Waals surface area (Å²) in [4.78, 5) is 0. The van der Waals surface area contributed by atoms with E-state index in [1.807, 2.05) is 0 Å². The Kier molecular flexibility index (Phi) is 10.9. The van der Waals surface area contributed by atoms with Crippen LogP contribution < -0.4 is 0 Å². The third-order valence-corrected chi connectivity index (χ3v) is 4.37. The van der Waals surface area contributed by atoms with Crippen molar-refractivity contribution in [2.75, 3.05) is 13.2 Å². The van der Waals surface area contributed by atoms with Gasteiger partial charge in [-0.2, -0.15) is 79.0 Å². The molecule has 0 saturated heterocycles. The molecule has 0 aromatic heterocycles. The minimum absolute atomic E-state index is 0.390. The predicted molar refractivity (Wildman–Crippen MR) is 98.4 cm³/mol. The van der Waals surface area contributed by atoms with Crippen LogP contribution in [0.15, 0.2) is 47.6 Å². The Balaban J connectivity index is 6.19. The molecule has 0 atom stereocenters. The van der Waals surface area contributed by atoms with Gasteiger partial charge < -0.3 is 4.74 Å². The lowest BCUT2D eigenvalue weighted by Crippen LogP contribution is -2.60. The first-order valence-electron chi connectivity index (χ1n) is 9.74. The second-order valence-corrected chi connectivity index (χ2v) is 7.47. The van der Waals surface area contributed by atoms with E-state index in [0.29, 0.717) is 12.2 Å². The van der Waals surface area contributed by atoms with Gasteiger partial charge in [0, 0.05) is 0 Å². The van der Waals surface area contributed by atoms with Gasteiger partial charge in [-0.15, -0.1) is 0 Å². The SMILES string of the molecule is CC=CC(=CC(F)(F)C(F)(F)C(F)(F)C(F)(F)F)COCC(C=CC)=CC(F)(F)C(F)(F)C(F)(F)C(F)(F)F. The molecule has 0 bridgehead atoms. The van der Waals surface area contributed by atoms with Crippen molar-refractivity contribution in [3.05, 3.63) is 47.6 Å². The molecule has 228 valence electrons. The normalized spacial score (nSPS) is 16.6. The number of alkyl halides is 18. The molecule has 1 nitrogen and oxygen atoms in total. The first-order chi connectivity index (χ1) is 17.1. The van der Waals surface area contributed by atoms with Gasteiger partial charge in [-0.25, -0.2) is 0 Å². The number of halogens is 18. The Hall–Kier alpha value is -2.34. The van der Waals surface area contributed by atoms with Gasteiger partial charge in [0.05, 0.1) is 13.2 Å². The second kappa shape index (κ2) is 11.6. The molecule has 0 unspecified atom stereocenters. The topological polar surface area (TPSA) is 9.23 Å². The largest absolute Gasteiger partial charge is 0.460 e. The van der Waals surface area contributed by atoms with E-state index in [1.54, 1.807) is 0 Å². The Morgan fingerprint density at radius 1 is 0.462 bits per heavy atom. The predicted octanol–water partition coefficient (Wildman–Crippen LogP) is 8.94. The summed E-state index contributed by atoms with van der Waals surface area (Å²) in [5.41, 5.74) is -2.58. The molecule has 0 aliphatic carbocycles. The van der Waals surface area contributed by atoms with E-state index in [1.165, 1.54) is 0 Å². The summed E-state index contributed by atoms with van der Waals surface area (Å²) in [5.74, 6) is -41.1. The third-order valence-electron chi connectivity index (χ3n) is 4.37. The lowest BCUT2D eigenvalue weighted by Gasteiger charge is -2.32. The molecule has 0 amide bonds. The fraction of sp³-hybridized carbons (Fsp3) is 0.600. The van der Waals surface area contributed by atoms with E-state index in [9.17, 15) is 79.0 Å². The average Bonchev–Trinajstić information content (AvgIpc) is 2.71. The van der Waals surface area contributed by atoms with Gasteiger partial charge in [0.25, 0.3) is 0 Å². The summed E-state index contributed by atoms with van der Waals surface area (Å²) in [5, 5.41) is 0. The molecular formula is C20H16F18O. The molecule has 0 aliphatic heterocycles. The summed E-state index contributed by atoms with van der Waals surface area (Å²) in [6, 6.07) is 0. The van der Waals surface area contributed by atoms with Crippen LogP contribution in [0, 0.1) is 0 Å². The van der Waals surface area contributed by atoms with Gasteiger partial charge in [-0.3, -0.25) is 0 Å². The lowest BCUT2D eigenvalue weighted by molar-refractivity contribution is -0.388. The highest BCUT2D eigenvalue weighted by atomic mass is 19.4. The minimum Gasteiger partial charge on any atom is -0.372 e. The quantitative estimate of drug-likeness (QED) is 0.158. The van der Waals surface area contributed by atoms with Crippen molar-refractivity contribution in [3.63, 3.8) is 0 Å². The molecule has 0 saturated carbocycles. The lowest BCUT2D eigenvalue weighted by atomic mass is 10.0. The third kappa shape index (κ3) is 7.45. The molecule has 0 rings (SSSR count). The summed E-state index contributed by atoms with van der Waals surface area (Å²) in [6.07, 6.45) is -14.2. The van der Waals surface area contributed by atoms with Crippen LogP contribution in [0.4, 0.5) is 79.0 Å². The number of ether oxygens (including phenoxy) is 1. The van der Waals surface area contributed by atoms with E-state index < -0.39 is 84.4 Å². The molecular weight excluding hydrogens is 598 g/mol. The van der Waals surface area contributed by atoms with E-state index in [0.717, 1.165) is 26.0 Å². The van der Waals surface area contributed by atoms with Crippen molar-refractivity contribution >= 4 is 0 Å². The Morgan fingerprint density at radius 2 is 0.718 bits per heavy atom. The van der Waals surface area contributed by atoms with E-state index >= 15 is 0 Å². The first kappa shape index (κ1) is 36.7. The number of hydrogen-bond acceptors (Lipinski definition) is 1. The van der Waals surface area contributed by atoms with Crippen LogP contribution in [0.1, 0.15) is 13.8 Å². The van der Waals surface area contributed by atoms with Gasteiger partial charge in [-0.05, 0) is 37.1 Å². The molecule has 0 spiro atoms. The number of rotatable bonds is 12. The van der Waals surface area contributed by atoms with E-state index in [2.05, 4.69) is 4.74 Å². The van der Waals surface area contributed by atoms with Crippen molar-refractivity contribution in [2.24, 2.45) is 0 Å². The molecule has 0 aromatic carbocycles. The maximum Gasteiger partial charge on any atom is 0.460 e. The van der Waals surface area contributed by atoms with Gasteiger partial charge in [-0.1, -0.05) is 24.3 Å². The van der Waals surface area contributed by atoms with Crippen LogP contribution in [-0.2, 0) is 4.74 Å². The second-order valence-electron chi connectivity index (χ2n) is 7.47. The molecule has 0 heterocycles. The molecule has 39 heavy (non-hydrogen) atoms. The standard InChI is InChI=1S/C20H16F18O/c1-3-5-11(7-13(21,22)15(25,26)17(29,30)19(33,34)35)9-39-10-12(6-4-2)8-14(23,24)16(27,28)18(31,32)20(36,37)38/h3-8H,9-10H2,1-2H3. The van der Waals surface area contributed by atoms with Gasteiger partial charge in [0.15, 0.2) is 0 Å². The zero-order valence-corrected chi connectivity index (χ0v) is 19.1. The smallest absolute Gasteiger partial charge is 0.372 e.